The molecule has 1 aromatic rings. The Balaban J connectivity index is 0.00000361. The number of carbonyl (C=O) groups is 1. The largest absolute Gasteiger partial charge is 0.496 e. The summed E-state index contributed by atoms with van der Waals surface area (Å²) in [6.45, 7) is 4.38. The summed E-state index contributed by atoms with van der Waals surface area (Å²) in [5.41, 5.74) is 0.461. The number of halogens is 3. The van der Waals surface area contributed by atoms with Gasteiger partial charge in [0.15, 0.2) is 0 Å². The van der Waals surface area contributed by atoms with Crippen LogP contribution < -0.4 is 15.4 Å². The van der Waals surface area contributed by atoms with Crippen molar-refractivity contribution in [2.24, 2.45) is 0 Å². The highest BCUT2D eigenvalue weighted by molar-refractivity contribution is 14.1. The van der Waals surface area contributed by atoms with Gasteiger partial charge in [-0.05, 0) is 47.7 Å². The number of rotatable bonds is 7. The molecular formula is C13H19Cl2IN2O2. The standard InChI is InChI=1S/C13H18ClIN2O2.ClH/c1-3-4-16-5-6-17-13(18)9-7-10(14)11(15)8-12(9)19-2;/h7-8,16H,3-6H2,1-2H3,(H,17,18);1H. The minimum atomic E-state index is -0.173. The number of hydrogen-bond acceptors (Lipinski definition) is 3. The van der Waals surface area contributed by atoms with Crippen LogP contribution in [-0.2, 0) is 0 Å². The van der Waals surface area contributed by atoms with Gasteiger partial charge < -0.3 is 15.4 Å². The van der Waals surface area contributed by atoms with E-state index in [9.17, 15) is 4.79 Å². The Kier molecular flexibility index (Phi) is 10.4. The van der Waals surface area contributed by atoms with Crippen LogP contribution in [-0.4, -0.2) is 32.7 Å². The first kappa shape index (κ1) is 19.8. The van der Waals surface area contributed by atoms with Gasteiger partial charge in [-0.3, -0.25) is 4.79 Å². The molecule has 0 aromatic heterocycles. The molecular weight excluding hydrogens is 414 g/mol. The third-order valence-electron chi connectivity index (χ3n) is 2.50. The smallest absolute Gasteiger partial charge is 0.255 e. The van der Waals surface area contributed by atoms with E-state index in [-0.39, 0.29) is 18.3 Å². The van der Waals surface area contributed by atoms with Gasteiger partial charge in [0.2, 0.25) is 0 Å². The first-order valence-electron chi connectivity index (χ1n) is 6.12. The number of ether oxygens (including phenoxy) is 1. The summed E-state index contributed by atoms with van der Waals surface area (Å²) in [6.07, 6.45) is 1.08. The van der Waals surface area contributed by atoms with Gasteiger partial charge >= 0.3 is 0 Å². The molecule has 0 aliphatic rings. The summed E-state index contributed by atoms with van der Waals surface area (Å²) in [7, 11) is 1.54. The molecule has 0 unspecified atom stereocenters. The molecule has 114 valence electrons. The van der Waals surface area contributed by atoms with Gasteiger partial charge in [0.1, 0.15) is 5.75 Å². The predicted molar refractivity (Wildman–Crippen MR) is 93.5 cm³/mol. The van der Waals surface area contributed by atoms with Gasteiger partial charge in [0.25, 0.3) is 5.91 Å². The van der Waals surface area contributed by atoms with Crippen molar-refractivity contribution in [3.8, 4) is 5.75 Å². The predicted octanol–water partition coefficient (Wildman–Crippen LogP) is 3.10. The molecule has 0 aliphatic carbocycles. The van der Waals surface area contributed by atoms with Gasteiger partial charge in [-0.15, -0.1) is 12.4 Å². The molecule has 0 saturated carbocycles. The summed E-state index contributed by atoms with van der Waals surface area (Å²) in [5, 5.41) is 6.61. The molecule has 0 radical (unpaired) electrons. The SMILES string of the molecule is CCCNCCNC(=O)c1cc(Cl)c(I)cc1OC.Cl. The molecule has 1 rings (SSSR count). The monoisotopic (exact) mass is 432 g/mol. The number of amides is 1. The van der Waals surface area contributed by atoms with Crippen LogP contribution in [0.3, 0.4) is 0 Å². The van der Waals surface area contributed by atoms with Gasteiger partial charge in [-0.1, -0.05) is 18.5 Å². The van der Waals surface area contributed by atoms with E-state index < -0.39 is 0 Å². The third-order valence-corrected chi connectivity index (χ3v) is 4.03. The fourth-order valence-corrected chi connectivity index (χ4v) is 2.14. The van der Waals surface area contributed by atoms with E-state index in [4.69, 9.17) is 16.3 Å². The third kappa shape index (κ3) is 6.03. The Morgan fingerprint density at radius 2 is 2.05 bits per heavy atom. The highest BCUT2D eigenvalue weighted by atomic mass is 127. The summed E-state index contributed by atoms with van der Waals surface area (Å²) >= 11 is 8.14. The fourth-order valence-electron chi connectivity index (χ4n) is 1.54. The van der Waals surface area contributed by atoms with Crippen LogP contribution in [0.4, 0.5) is 0 Å². The Morgan fingerprint density at radius 1 is 1.35 bits per heavy atom. The Hall–Kier alpha value is -0.240. The van der Waals surface area contributed by atoms with Crippen molar-refractivity contribution in [2.45, 2.75) is 13.3 Å². The molecule has 2 N–H and O–H groups in total. The summed E-state index contributed by atoms with van der Waals surface area (Å²) in [6, 6.07) is 3.39. The molecule has 0 spiro atoms. The second-order valence-corrected chi connectivity index (χ2v) is 5.54. The van der Waals surface area contributed by atoms with E-state index >= 15 is 0 Å². The van der Waals surface area contributed by atoms with Crippen LogP contribution in [0.2, 0.25) is 5.02 Å². The van der Waals surface area contributed by atoms with Gasteiger partial charge in [0.05, 0.1) is 17.7 Å². The zero-order valence-electron chi connectivity index (χ0n) is 11.5. The molecule has 7 heteroatoms. The minimum absolute atomic E-state index is 0. The molecule has 20 heavy (non-hydrogen) atoms. The Morgan fingerprint density at radius 3 is 2.65 bits per heavy atom. The van der Waals surface area contributed by atoms with Crippen molar-refractivity contribution < 1.29 is 9.53 Å². The van der Waals surface area contributed by atoms with E-state index in [0.717, 1.165) is 23.1 Å². The summed E-state index contributed by atoms with van der Waals surface area (Å²) in [4.78, 5) is 12.0. The number of nitrogens with one attached hydrogen (secondary N) is 2. The Bertz CT molecular complexity index is 445. The lowest BCUT2D eigenvalue weighted by atomic mass is 10.2. The van der Waals surface area contributed by atoms with Crippen molar-refractivity contribution >= 4 is 52.5 Å². The van der Waals surface area contributed by atoms with Crippen molar-refractivity contribution in [2.75, 3.05) is 26.7 Å². The quantitative estimate of drug-likeness (QED) is 0.514. The lowest BCUT2D eigenvalue weighted by Crippen LogP contribution is -2.32. The van der Waals surface area contributed by atoms with E-state index in [2.05, 4.69) is 40.1 Å². The number of carbonyl (C=O) groups excluding carboxylic acids is 1. The molecule has 4 nitrogen and oxygen atoms in total. The normalized spacial score (nSPS) is 9.80. The number of benzene rings is 1. The van der Waals surface area contributed by atoms with Crippen LogP contribution in [0.5, 0.6) is 5.75 Å². The van der Waals surface area contributed by atoms with Gasteiger partial charge in [-0.25, -0.2) is 0 Å². The van der Waals surface area contributed by atoms with Gasteiger partial charge in [0, 0.05) is 16.7 Å². The molecule has 1 amide bonds. The van der Waals surface area contributed by atoms with Crippen molar-refractivity contribution in [3.63, 3.8) is 0 Å². The molecule has 0 atom stereocenters. The average molecular weight is 433 g/mol. The van der Waals surface area contributed by atoms with Crippen molar-refractivity contribution in [3.05, 3.63) is 26.3 Å². The van der Waals surface area contributed by atoms with E-state index in [0.29, 0.717) is 22.9 Å². The van der Waals surface area contributed by atoms with E-state index in [1.165, 1.54) is 0 Å². The molecule has 0 fully saturated rings. The first-order chi connectivity index (χ1) is 9.10. The maximum absolute atomic E-state index is 12.0. The van der Waals surface area contributed by atoms with Crippen LogP contribution >= 0.6 is 46.6 Å². The maximum atomic E-state index is 12.0. The van der Waals surface area contributed by atoms with E-state index in [1.54, 1.807) is 19.2 Å². The van der Waals surface area contributed by atoms with Crippen LogP contribution in [0.25, 0.3) is 0 Å². The molecule has 1 aromatic carbocycles. The highest BCUT2D eigenvalue weighted by Gasteiger charge is 2.14. The summed E-state index contributed by atoms with van der Waals surface area (Å²) < 4.78 is 6.07. The van der Waals surface area contributed by atoms with Crippen LogP contribution in [0.15, 0.2) is 12.1 Å². The molecule has 0 saturated heterocycles. The molecule has 0 heterocycles. The van der Waals surface area contributed by atoms with Crippen LogP contribution in [0.1, 0.15) is 23.7 Å². The average Bonchev–Trinajstić information content (AvgIpc) is 2.40. The van der Waals surface area contributed by atoms with Gasteiger partial charge in [-0.2, -0.15) is 0 Å². The van der Waals surface area contributed by atoms with Crippen molar-refractivity contribution in [1.82, 2.24) is 10.6 Å². The van der Waals surface area contributed by atoms with Crippen molar-refractivity contribution in [1.29, 1.82) is 0 Å². The van der Waals surface area contributed by atoms with E-state index in [1.807, 2.05) is 0 Å². The number of methoxy groups -OCH3 is 1. The Labute approximate surface area is 144 Å². The number of hydrogen-bond donors (Lipinski definition) is 2. The minimum Gasteiger partial charge on any atom is -0.496 e. The second kappa shape index (κ2) is 10.5. The second-order valence-electron chi connectivity index (χ2n) is 3.97. The highest BCUT2D eigenvalue weighted by Crippen LogP contribution is 2.28. The zero-order valence-corrected chi connectivity index (χ0v) is 15.2. The molecule has 0 aliphatic heterocycles. The zero-order chi connectivity index (χ0) is 14.3. The summed E-state index contributed by atoms with van der Waals surface area (Å²) in [5.74, 6) is 0.362. The topological polar surface area (TPSA) is 50.4 Å². The lowest BCUT2D eigenvalue weighted by Gasteiger charge is -2.11. The fraction of sp³-hybridized carbons (Fsp3) is 0.462. The first-order valence-corrected chi connectivity index (χ1v) is 7.57. The molecule has 0 bridgehead atoms. The van der Waals surface area contributed by atoms with Crippen LogP contribution in [0, 0.1) is 3.57 Å². The maximum Gasteiger partial charge on any atom is 0.255 e. The lowest BCUT2D eigenvalue weighted by molar-refractivity contribution is 0.0951.